The number of hydrogen-bond acceptors (Lipinski definition) is 4. The fourth-order valence-electron chi connectivity index (χ4n) is 9.16. The molecule has 0 radical (unpaired) electrons. The maximum atomic E-state index is 10.9. The lowest BCUT2D eigenvalue weighted by atomic mass is 9.98. The Kier molecular flexibility index (Phi) is 7.52. The van der Waals surface area contributed by atoms with Gasteiger partial charge in [-0.25, -0.2) is 14.8 Å². The number of nitrogens with zero attached hydrogens (tertiary/aromatic N) is 6. The summed E-state index contributed by atoms with van der Waals surface area (Å²) in [6.45, 7) is 8.61. The molecule has 7 heteroatoms. The minimum absolute atomic E-state index is 0.329. The van der Waals surface area contributed by atoms with Gasteiger partial charge in [0.05, 0.1) is 45.7 Å². The first-order valence-corrected chi connectivity index (χ1v) is 20.0. The number of rotatable bonds is 5. The molecule has 0 bridgehead atoms. The third-order valence-electron chi connectivity index (χ3n) is 11.8. The number of benzene rings is 8. The molecule has 7 nitrogen and oxygen atoms in total. The number of nitriles is 1. The van der Waals surface area contributed by atoms with E-state index >= 15 is 0 Å². The lowest BCUT2D eigenvalue weighted by Crippen LogP contribution is -2.02. The molecule has 0 aliphatic carbocycles. The highest BCUT2D eigenvalue weighted by molar-refractivity contribution is 6.19. The molecule has 0 amide bonds. The number of fused-ring (bicyclic) bond motifs is 9. The lowest BCUT2D eigenvalue weighted by Gasteiger charge is -2.15. The highest BCUT2D eigenvalue weighted by Gasteiger charge is 2.24. The van der Waals surface area contributed by atoms with Crippen molar-refractivity contribution in [1.29, 1.82) is 5.26 Å². The summed E-state index contributed by atoms with van der Waals surface area (Å²) < 4.78 is 10.8. The van der Waals surface area contributed by atoms with Gasteiger partial charge in [-0.1, -0.05) is 121 Å². The Balaban J connectivity index is 1.11. The molecule has 0 unspecified atom stereocenters. The van der Waals surface area contributed by atoms with Crippen LogP contribution in [0.1, 0.15) is 5.56 Å². The first-order valence-electron chi connectivity index (χ1n) is 20.0. The minimum Gasteiger partial charge on any atom is -0.456 e. The molecule has 0 N–H and O–H groups in total. The van der Waals surface area contributed by atoms with E-state index in [1.165, 1.54) is 5.39 Å². The molecule has 8 aromatic carbocycles. The standard InChI is InChI=1S/C54H30N6O/c1-56-43-29-34(53-42(32-55)52(33-15-4-2-5-16-33)57-54(58-53)39-22-14-26-50-51(39)38-21-10-13-25-49(38)61-50)27-28-46(43)60-45-24-12-9-20-37(45)41-30-40-36-19-8-11-23-44(36)59(47(40)31-48(41)60)35-17-6-3-7-18-35/h2-31H. The summed E-state index contributed by atoms with van der Waals surface area (Å²) in [6, 6.07) is 63.7. The lowest BCUT2D eigenvalue weighted by molar-refractivity contribution is 0.669. The summed E-state index contributed by atoms with van der Waals surface area (Å²) in [6.07, 6.45) is 0. The molecule has 61 heavy (non-hydrogen) atoms. The third-order valence-corrected chi connectivity index (χ3v) is 11.8. The Hall–Kier alpha value is -8.78. The van der Waals surface area contributed by atoms with Crippen LogP contribution in [0.3, 0.4) is 0 Å². The quantitative estimate of drug-likeness (QED) is 0.163. The molecule has 0 saturated heterocycles. The normalized spacial score (nSPS) is 11.6. The van der Waals surface area contributed by atoms with Gasteiger partial charge in [-0.05, 0) is 66.2 Å². The maximum absolute atomic E-state index is 10.9. The topological polar surface area (TPSA) is 76.9 Å². The molecular weight excluding hydrogens is 749 g/mol. The van der Waals surface area contributed by atoms with Gasteiger partial charge in [-0.15, -0.1) is 0 Å². The average molecular weight is 779 g/mol. The Labute approximate surface area is 349 Å². The second-order valence-corrected chi connectivity index (χ2v) is 15.1. The van der Waals surface area contributed by atoms with Crippen molar-refractivity contribution >= 4 is 71.2 Å². The van der Waals surface area contributed by atoms with Crippen molar-refractivity contribution in [1.82, 2.24) is 19.1 Å². The zero-order valence-corrected chi connectivity index (χ0v) is 32.4. The van der Waals surface area contributed by atoms with Crippen LogP contribution in [-0.2, 0) is 0 Å². The van der Waals surface area contributed by atoms with Crippen LogP contribution in [0.25, 0.3) is 116 Å². The first-order chi connectivity index (χ1) is 30.2. The molecule has 12 rings (SSSR count). The Morgan fingerprint density at radius 3 is 1.84 bits per heavy atom. The van der Waals surface area contributed by atoms with E-state index in [9.17, 15) is 5.26 Å². The van der Waals surface area contributed by atoms with Crippen LogP contribution in [0.15, 0.2) is 186 Å². The van der Waals surface area contributed by atoms with Gasteiger partial charge in [0, 0.05) is 49.1 Å². The number of para-hydroxylation sites is 4. The van der Waals surface area contributed by atoms with Crippen molar-refractivity contribution in [2.24, 2.45) is 0 Å². The fourth-order valence-corrected chi connectivity index (χ4v) is 9.16. The van der Waals surface area contributed by atoms with E-state index in [2.05, 4.69) is 98.9 Å². The van der Waals surface area contributed by atoms with Gasteiger partial charge in [-0.2, -0.15) is 5.26 Å². The van der Waals surface area contributed by atoms with Crippen LogP contribution >= 0.6 is 0 Å². The highest BCUT2D eigenvalue weighted by Crippen LogP contribution is 2.43. The van der Waals surface area contributed by atoms with Crippen LogP contribution < -0.4 is 0 Å². The number of aromatic nitrogens is 4. The molecule has 4 aromatic heterocycles. The Morgan fingerprint density at radius 2 is 1.11 bits per heavy atom. The second kappa shape index (κ2) is 13.4. The molecule has 0 aliphatic heterocycles. The van der Waals surface area contributed by atoms with E-state index in [1.807, 2.05) is 103 Å². The number of furan rings is 1. The van der Waals surface area contributed by atoms with Crippen LogP contribution in [-0.4, -0.2) is 19.1 Å². The van der Waals surface area contributed by atoms with Crippen molar-refractivity contribution in [3.63, 3.8) is 0 Å². The zero-order valence-electron chi connectivity index (χ0n) is 32.4. The molecule has 0 atom stereocenters. The molecule has 282 valence electrons. The van der Waals surface area contributed by atoms with Crippen molar-refractivity contribution in [2.45, 2.75) is 0 Å². The monoisotopic (exact) mass is 778 g/mol. The summed E-state index contributed by atoms with van der Waals surface area (Å²) >= 11 is 0. The van der Waals surface area contributed by atoms with Gasteiger partial charge < -0.3 is 13.6 Å². The van der Waals surface area contributed by atoms with Crippen LogP contribution in [0.5, 0.6) is 0 Å². The van der Waals surface area contributed by atoms with E-state index in [4.69, 9.17) is 21.0 Å². The molecule has 0 fully saturated rings. The number of hydrogen-bond donors (Lipinski definition) is 0. The van der Waals surface area contributed by atoms with Gasteiger partial charge in [0.1, 0.15) is 22.8 Å². The van der Waals surface area contributed by atoms with Gasteiger partial charge in [0.15, 0.2) is 5.82 Å². The van der Waals surface area contributed by atoms with Gasteiger partial charge in [-0.3, -0.25) is 0 Å². The van der Waals surface area contributed by atoms with Gasteiger partial charge in [0.2, 0.25) is 5.69 Å². The van der Waals surface area contributed by atoms with Crippen LogP contribution in [0, 0.1) is 17.9 Å². The average Bonchev–Trinajstić information content (AvgIpc) is 3.98. The van der Waals surface area contributed by atoms with Crippen molar-refractivity contribution < 1.29 is 4.42 Å². The minimum atomic E-state index is 0.329. The van der Waals surface area contributed by atoms with Crippen molar-refractivity contribution in [3.05, 3.63) is 199 Å². The predicted molar refractivity (Wildman–Crippen MR) is 245 cm³/mol. The summed E-state index contributed by atoms with van der Waals surface area (Å²) in [7, 11) is 0. The molecule has 0 aliphatic rings. The van der Waals surface area contributed by atoms with E-state index in [0.717, 1.165) is 82.7 Å². The first kappa shape index (κ1) is 34.3. The predicted octanol–water partition coefficient (Wildman–Crippen LogP) is 14.0. The van der Waals surface area contributed by atoms with E-state index in [0.29, 0.717) is 34.0 Å². The Bertz CT molecular complexity index is 3840. The highest BCUT2D eigenvalue weighted by atomic mass is 16.3. The zero-order chi connectivity index (χ0) is 40.6. The van der Waals surface area contributed by atoms with Crippen molar-refractivity contribution in [2.75, 3.05) is 0 Å². The third kappa shape index (κ3) is 5.15. The maximum Gasteiger partial charge on any atom is 0.211 e. The molecule has 4 heterocycles. The molecule has 0 saturated carbocycles. The van der Waals surface area contributed by atoms with Gasteiger partial charge in [0.25, 0.3) is 0 Å². The summed E-state index contributed by atoms with van der Waals surface area (Å²) in [4.78, 5) is 14.4. The van der Waals surface area contributed by atoms with E-state index in [-0.39, 0.29) is 0 Å². The summed E-state index contributed by atoms with van der Waals surface area (Å²) in [5, 5.41) is 17.2. The molecule has 12 aromatic rings. The van der Waals surface area contributed by atoms with Crippen LogP contribution in [0.4, 0.5) is 5.69 Å². The Morgan fingerprint density at radius 1 is 0.508 bits per heavy atom. The van der Waals surface area contributed by atoms with Crippen LogP contribution in [0.2, 0.25) is 0 Å². The molecular formula is C54H30N6O. The van der Waals surface area contributed by atoms with E-state index in [1.54, 1.807) is 0 Å². The second-order valence-electron chi connectivity index (χ2n) is 15.1. The van der Waals surface area contributed by atoms with Gasteiger partial charge >= 0.3 is 0 Å². The SMILES string of the molecule is [C-]#[N+]c1cc(-c2nc(-c3cccc4oc5ccccc5c34)nc(-c3ccccc3)c2C#N)ccc1-n1c2ccccc2c2cc3c4ccccc4n(-c4ccccc4)c3cc21. The van der Waals surface area contributed by atoms with Crippen molar-refractivity contribution in [3.8, 4) is 51.3 Å². The largest absolute Gasteiger partial charge is 0.456 e. The smallest absolute Gasteiger partial charge is 0.211 e. The fraction of sp³-hybridized carbons (Fsp3) is 0. The molecule has 0 spiro atoms. The summed E-state index contributed by atoms with van der Waals surface area (Å²) in [5.41, 5.74) is 11.4. The summed E-state index contributed by atoms with van der Waals surface area (Å²) in [5.74, 6) is 0.457. The van der Waals surface area contributed by atoms with E-state index < -0.39 is 0 Å².